The van der Waals surface area contributed by atoms with E-state index < -0.39 is 0 Å². The SMILES string of the molecule is C=Cc1ccc(C(C)(C)CC)cc1. The minimum Gasteiger partial charge on any atom is -0.0985 e. The highest BCUT2D eigenvalue weighted by molar-refractivity contribution is 5.47. The van der Waals surface area contributed by atoms with Gasteiger partial charge in [-0.1, -0.05) is 57.7 Å². The van der Waals surface area contributed by atoms with Gasteiger partial charge in [-0.2, -0.15) is 0 Å². The van der Waals surface area contributed by atoms with Crippen molar-refractivity contribution in [3.05, 3.63) is 42.0 Å². The second-order valence-electron chi connectivity index (χ2n) is 4.06. The maximum Gasteiger partial charge on any atom is -0.0106 e. The van der Waals surface area contributed by atoms with E-state index in [1.165, 1.54) is 17.5 Å². The molecule has 0 heterocycles. The molecule has 0 radical (unpaired) electrons. The summed E-state index contributed by atoms with van der Waals surface area (Å²) in [6.45, 7) is 10.5. The molecule has 0 heteroatoms. The Labute approximate surface area is 81.3 Å². The topological polar surface area (TPSA) is 0 Å². The molecular weight excluding hydrogens is 156 g/mol. The van der Waals surface area contributed by atoms with Gasteiger partial charge in [0, 0.05) is 0 Å². The fraction of sp³-hybridized carbons (Fsp3) is 0.385. The van der Waals surface area contributed by atoms with Crippen molar-refractivity contribution >= 4 is 6.08 Å². The van der Waals surface area contributed by atoms with E-state index in [1.807, 2.05) is 6.08 Å². The lowest BCUT2D eigenvalue weighted by molar-refractivity contribution is 0.506. The van der Waals surface area contributed by atoms with Crippen LogP contribution in [0, 0.1) is 0 Å². The third-order valence-corrected chi connectivity index (χ3v) is 2.81. The fourth-order valence-corrected chi connectivity index (χ4v) is 1.27. The Bertz CT molecular complexity index is 277. The van der Waals surface area contributed by atoms with Crippen LogP contribution < -0.4 is 0 Å². The van der Waals surface area contributed by atoms with Crippen molar-refractivity contribution in [3.8, 4) is 0 Å². The summed E-state index contributed by atoms with van der Waals surface area (Å²) in [5.74, 6) is 0. The first-order chi connectivity index (χ1) is 6.10. The zero-order valence-electron chi connectivity index (χ0n) is 8.80. The van der Waals surface area contributed by atoms with E-state index in [-0.39, 0.29) is 0 Å². The molecule has 0 aromatic heterocycles. The Morgan fingerprint density at radius 2 is 1.77 bits per heavy atom. The summed E-state index contributed by atoms with van der Waals surface area (Å²) >= 11 is 0. The van der Waals surface area contributed by atoms with Crippen LogP contribution in [0.1, 0.15) is 38.3 Å². The van der Waals surface area contributed by atoms with Gasteiger partial charge in [-0.25, -0.2) is 0 Å². The maximum atomic E-state index is 3.74. The zero-order valence-corrected chi connectivity index (χ0v) is 8.80. The van der Waals surface area contributed by atoms with Crippen LogP contribution >= 0.6 is 0 Å². The molecule has 0 saturated heterocycles. The lowest BCUT2D eigenvalue weighted by Crippen LogP contribution is -2.14. The molecule has 0 saturated carbocycles. The van der Waals surface area contributed by atoms with Crippen LogP contribution in [0.2, 0.25) is 0 Å². The minimum absolute atomic E-state index is 0.291. The van der Waals surface area contributed by atoms with E-state index in [0.717, 1.165) is 0 Å². The van der Waals surface area contributed by atoms with Crippen molar-refractivity contribution in [2.24, 2.45) is 0 Å². The highest BCUT2D eigenvalue weighted by Crippen LogP contribution is 2.26. The van der Waals surface area contributed by atoms with E-state index in [9.17, 15) is 0 Å². The average Bonchev–Trinajstić information content (AvgIpc) is 2.18. The van der Waals surface area contributed by atoms with Gasteiger partial charge in [0.25, 0.3) is 0 Å². The van der Waals surface area contributed by atoms with Gasteiger partial charge in [0.15, 0.2) is 0 Å². The lowest BCUT2D eigenvalue weighted by Gasteiger charge is -2.23. The van der Waals surface area contributed by atoms with Crippen LogP contribution in [-0.2, 0) is 5.41 Å². The molecule has 0 aliphatic heterocycles. The van der Waals surface area contributed by atoms with E-state index in [2.05, 4.69) is 51.6 Å². The summed E-state index contributed by atoms with van der Waals surface area (Å²) in [5.41, 5.74) is 2.89. The Morgan fingerprint density at radius 3 is 2.15 bits per heavy atom. The minimum atomic E-state index is 0.291. The first-order valence-corrected chi connectivity index (χ1v) is 4.83. The van der Waals surface area contributed by atoms with Crippen molar-refractivity contribution in [1.82, 2.24) is 0 Å². The molecule has 0 spiro atoms. The largest absolute Gasteiger partial charge is 0.0985 e. The molecule has 0 atom stereocenters. The van der Waals surface area contributed by atoms with E-state index >= 15 is 0 Å². The van der Waals surface area contributed by atoms with Gasteiger partial charge >= 0.3 is 0 Å². The molecule has 1 rings (SSSR count). The van der Waals surface area contributed by atoms with Crippen LogP contribution in [0.25, 0.3) is 6.08 Å². The molecule has 0 aliphatic rings. The van der Waals surface area contributed by atoms with Gasteiger partial charge in [0.2, 0.25) is 0 Å². The highest BCUT2D eigenvalue weighted by atomic mass is 14.2. The van der Waals surface area contributed by atoms with E-state index in [0.29, 0.717) is 5.41 Å². The van der Waals surface area contributed by atoms with Crippen LogP contribution in [0.5, 0.6) is 0 Å². The first-order valence-electron chi connectivity index (χ1n) is 4.83. The standard InChI is InChI=1S/C13H18/c1-5-11-7-9-12(10-8-11)13(3,4)6-2/h5,7-10H,1,6H2,2-4H3. The third-order valence-electron chi connectivity index (χ3n) is 2.81. The van der Waals surface area contributed by atoms with E-state index in [1.54, 1.807) is 0 Å². The predicted octanol–water partition coefficient (Wildman–Crippen LogP) is 4.02. The molecule has 0 aliphatic carbocycles. The monoisotopic (exact) mass is 174 g/mol. The summed E-state index contributed by atoms with van der Waals surface area (Å²) in [6.07, 6.45) is 3.04. The second kappa shape index (κ2) is 3.78. The van der Waals surface area contributed by atoms with E-state index in [4.69, 9.17) is 0 Å². The van der Waals surface area contributed by atoms with Gasteiger partial charge in [-0.3, -0.25) is 0 Å². The Balaban J connectivity index is 2.98. The first kappa shape index (κ1) is 10.0. The molecule has 0 fully saturated rings. The lowest BCUT2D eigenvalue weighted by atomic mass is 9.82. The smallest absolute Gasteiger partial charge is 0.0106 e. The maximum absolute atomic E-state index is 3.74. The van der Waals surface area contributed by atoms with Crippen molar-refractivity contribution in [2.45, 2.75) is 32.6 Å². The summed E-state index contributed by atoms with van der Waals surface area (Å²) in [7, 11) is 0. The molecule has 1 aromatic rings. The summed E-state index contributed by atoms with van der Waals surface area (Å²) < 4.78 is 0. The van der Waals surface area contributed by atoms with Gasteiger partial charge < -0.3 is 0 Å². The molecule has 0 bridgehead atoms. The van der Waals surface area contributed by atoms with Crippen LogP contribution in [-0.4, -0.2) is 0 Å². The van der Waals surface area contributed by atoms with Crippen molar-refractivity contribution in [3.63, 3.8) is 0 Å². The molecular formula is C13H18. The third kappa shape index (κ3) is 2.21. The predicted molar refractivity (Wildman–Crippen MR) is 59.9 cm³/mol. The zero-order chi connectivity index (χ0) is 9.90. The quantitative estimate of drug-likeness (QED) is 0.649. The second-order valence-corrected chi connectivity index (χ2v) is 4.06. The van der Waals surface area contributed by atoms with Crippen molar-refractivity contribution < 1.29 is 0 Å². The fourth-order valence-electron chi connectivity index (χ4n) is 1.27. The Hall–Kier alpha value is -1.04. The Morgan fingerprint density at radius 1 is 1.23 bits per heavy atom. The van der Waals surface area contributed by atoms with Crippen LogP contribution in [0.3, 0.4) is 0 Å². The van der Waals surface area contributed by atoms with Crippen LogP contribution in [0.15, 0.2) is 30.8 Å². The van der Waals surface area contributed by atoms with Gasteiger partial charge in [0.1, 0.15) is 0 Å². The summed E-state index contributed by atoms with van der Waals surface area (Å²) in [5, 5.41) is 0. The van der Waals surface area contributed by atoms with Crippen LogP contribution in [0.4, 0.5) is 0 Å². The van der Waals surface area contributed by atoms with Gasteiger partial charge in [0.05, 0.1) is 0 Å². The normalized spacial score (nSPS) is 11.3. The molecule has 0 N–H and O–H groups in total. The molecule has 1 aromatic carbocycles. The number of hydrogen-bond donors (Lipinski definition) is 0. The molecule has 0 unspecified atom stereocenters. The van der Waals surface area contributed by atoms with Crippen molar-refractivity contribution in [2.75, 3.05) is 0 Å². The summed E-state index contributed by atoms with van der Waals surface area (Å²) in [6, 6.07) is 8.64. The van der Waals surface area contributed by atoms with Gasteiger partial charge in [-0.15, -0.1) is 0 Å². The molecule has 0 nitrogen and oxygen atoms in total. The van der Waals surface area contributed by atoms with Crippen molar-refractivity contribution in [1.29, 1.82) is 0 Å². The summed E-state index contributed by atoms with van der Waals surface area (Å²) in [4.78, 5) is 0. The molecule has 13 heavy (non-hydrogen) atoms. The average molecular weight is 174 g/mol. The Kier molecular flexibility index (Phi) is 2.92. The number of hydrogen-bond acceptors (Lipinski definition) is 0. The highest BCUT2D eigenvalue weighted by Gasteiger charge is 2.16. The molecule has 0 amide bonds. The molecule has 70 valence electrons. The van der Waals surface area contributed by atoms with Gasteiger partial charge in [-0.05, 0) is 23.0 Å². The number of rotatable bonds is 3. The number of benzene rings is 1.